The van der Waals surface area contributed by atoms with Crippen molar-refractivity contribution >= 4 is 11.5 Å². The number of ether oxygens (including phenoxy) is 5. The first kappa shape index (κ1) is 27.8. The zero-order chi connectivity index (χ0) is 26.6. The van der Waals surface area contributed by atoms with Gasteiger partial charge in [-0.1, -0.05) is 36.4 Å². The molecule has 6 nitrogen and oxygen atoms in total. The molecule has 0 saturated heterocycles. The van der Waals surface area contributed by atoms with Crippen LogP contribution >= 0.6 is 0 Å². The Bertz CT molecular complexity index is 1170. The van der Waals surface area contributed by atoms with E-state index in [2.05, 4.69) is 37.3 Å². The lowest BCUT2D eigenvalue weighted by Crippen LogP contribution is -2.28. The molecule has 196 valence electrons. The van der Waals surface area contributed by atoms with Crippen molar-refractivity contribution in [2.45, 2.75) is 33.3 Å². The molecule has 0 N–H and O–H groups in total. The fourth-order valence-corrected chi connectivity index (χ4v) is 3.92. The summed E-state index contributed by atoms with van der Waals surface area (Å²) < 4.78 is 27.5. The number of hydrogen-bond donors (Lipinski definition) is 0. The Hall–Kier alpha value is -3.77. The van der Waals surface area contributed by atoms with Crippen LogP contribution in [0.1, 0.15) is 31.9 Å². The van der Waals surface area contributed by atoms with Crippen molar-refractivity contribution in [1.29, 1.82) is 0 Å². The second-order valence-electron chi connectivity index (χ2n) is 8.39. The van der Waals surface area contributed by atoms with Crippen LogP contribution in [0.25, 0.3) is 16.7 Å². The van der Waals surface area contributed by atoms with Crippen molar-refractivity contribution in [3.8, 4) is 28.4 Å². The topological polar surface area (TPSA) is 63.2 Å². The van der Waals surface area contributed by atoms with Crippen LogP contribution in [0.4, 0.5) is 0 Å². The van der Waals surface area contributed by atoms with Crippen LogP contribution in [0.2, 0.25) is 0 Å². The quantitative estimate of drug-likeness (QED) is 0.252. The predicted octanol–water partition coefficient (Wildman–Crippen LogP) is 6.36. The molecular formula is C31H36O6. The number of hydrogen-bond acceptors (Lipinski definition) is 6. The van der Waals surface area contributed by atoms with Crippen molar-refractivity contribution in [1.82, 2.24) is 0 Å². The Labute approximate surface area is 219 Å². The lowest BCUT2D eigenvalue weighted by atomic mass is 10.00. The van der Waals surface area contributed by atoms with Crippen LogP contribution in [0.15, 0.2) is 72.8 Å². The summed E-state index contributed by atoms with van der Waals surface area (Å²) in [6.45, 7) is 6.96. The summed E-state index contributed by atoms with van der Waals surface area (Å²) >= 11 is 0. The van der Waals surface area contributed by atoms with E-state index in [1.165, 1.54) is 0 Å². The van der Waals surface area contributed by atoms with Gasteiger partial charge in [0.2, 0.25) is 0 Å². The molecule has 3 aromatic carbocycles. The van der Waals surface area contributed by atoms with Crippen molar-refractivity contribution in [3.63, 3.8) is 0 Å². The molecular weight excluding hydrogens is 468 g/mol. The maximum absolute atomic E-state index is 12.1. The molecule has 0 heterocycles. The first-order valence-corrected chi connectivity index (χ1v) is 12.5. The maximum Gasteiger partial charge on any atom is 0.335 e. The van der Waals surface area contributed by atoms with Gasteiger partial charge in [-0.3, -0.25) is 0 Å². The Balaban J connectivity index is 1.59. The summed E-state index contributed by atoms with van der Waals surface area (Å²) in [5, 5.41) is 0. The minimum atomic E-state index is -0.598. The Morgan fingerprint density at radius 1 is 0.865 bits per heavy atom. The largest absolute Gasteiger partial charge is 0.497 e. The van der Waals surface area contributed by atoms with E-state index in [0.29, 0.717) is 26.2 Å². The molecule has 0 radical (unpaired) electrons. The molecule has 0 aliphatic rings. The highest BCUT2D eigenvalue weighted by Gasteiger charge is 2.20. The molecule has 3 rings (SSSR count). The number of carbonyl (C=O) groups is 1. The number of rotatable bonds is 13. The van der Waals surface area contributed by atoms with Crippen molar-refractivity contribution in [2.24, 2.45) is 0 Å². The molecule has 0 amide bonds. The van der Waals surface area contributed by atoms with Gasteiger partial charge in [0.15, 0.2) is 6.10 Å². The minimum absolute atomic E-state index is 0.332. The zero-order valence-corrected chi connectivity index (χ0v) is 22.3. The maximum atomic E-state index is 12.1. The average molecular weight is 505 g/mol. The molecule has 0 saturated carbocycles. The van der Waals surface area contributed by atoms with Gasteiger partial charge >= 0.3 is 5.97 Å². The van der Waals surface area contributed by atoms with Gasteiger partial charge in [0.25, 0.3) is 0 Å². The van der Waals surface area contributed by atoms with Crippen LogP contribution in [0.3, 0.4) is 0 Å². The lowest BCUT2D eigenvalue weighted by molar-refractivity contribution is -0.156. The summed E-state index contributed by atoms with van der Waals surface area (Å²) in [5.74, 6) is 2.02. The van der Waals surface area contributed by atoms with Crippen LogP contribution in [-0.2, 0) is 20.7 Å². The van der Waals surface area contributed by atoms with Crippen molar-refractivity contribution in [2.75, 3.05) is 34.0 Å². The number of esters is 1. The van der Waals surface area contributed by atoms with E-state index >= 15 is 0 Å². The number of methoxy groups -OCH3 is 2. The highest BCUT2D eigenvalue weighted by Crippen LogP contribution is 2.34. The van der Waals surface area contributed by atoms with E-state index < -0.39 is 6.10 Å². The summed E-state index contributed by atoms with van der Waals surface area (Å²) in [5.41, 5.74) is 5.26. The molecule has 0 fully saturated rings. The summed E-state index contributed by atoms with van der Waals surface area (Å²) in [7, 11) is 3.32. The van der Waals surface area contributed by atoms with Crippen LogP contribution in [0.5, 0.6) is 17.2 Å². The smallest absolute Gasteiger partial charge is 0.335 e. The van der Waals surface area contributed by atoms with Gasteiger partial charge in [-0.15, -0.1) is 0 Å². The van der Waals surface area contributed by atoms with E-state index in [1.54, 1.807) is 21.1 Å². The summed E-state index contributed by atoms with van der Waals surface area (Å²) in [4.78, 5) is 12.1. The fourth-order valence-electron chi connectivity index (χ4n) is 3.92. The highest BCUT2D eigenvalue weighted by molar-refractivity contribution is 5.75. The van der Waals surface area contributed by atoms with Gasteiger partial charge in [-0.05, 0) is 79.4 Å². The van der Waals surface area contributed by atoms with Crippen LogP contribution < -0.4 is 14.2 Å². The van der Waals surface area contributed by atoms with Gasteiger partial charge < -0.3 is 23.7 Å². The van der Waals surface area contributed by atoms with Gasteiger partial charge in [0.1, 0.15) is 23.9 Å². The molecule has 0 aliphatic heterocycles. The average Bonchev–Trinajstić information content (AvgIpc) is 2.93. The van der Waals surface area contributed by atoms with Crippen molar-refractivity contribution < 1.29 is 28.5 Å². The third kappa shape index (κ3) is 7.86. The third-order valence-electron chi connectivity index (χ3n) is 5.96. The van der Waals surface area contributed by atoms with Gasteiger partial charge in [0, 0.05) is 18.6 Å². The van der Waals surface area contributed by atoms with E-state index in [9.17, 15) is 4.79 Å². The van der Waals surface area contributed by atoms with Gasteiger partial charge in [0.05, 0.1) is 20.8 Å². The second kappa shape index (κ2) is 14.1. The van der Waals surface area contributed by atoms with Crippen molar-refractivity contribution in [3.05, 3.63) is 83.9 Å². The van der Waals surface area contributed by atoms with Gasteiger partial charge in [-0.2, -0.15) is 0 Å². The Morgan fingerprint density at radius 2 is 1.57 bits per heavy atom. The zero-order valence-electron chi connectivity index (χ0n) is 22.3. The predicted molar refractivity (Wildman–Crippen MR) is 146 cm³/mol. The fraction of sp³-hybridized carbons (Fsp3) is 0.323. The molecule has 0 bridgehead atoms. The Kier molecular flexibility index (Phi) is 10.6. The van der Waals surface area contributed by atoms with E-state index in [-0.39, 0.29) is 5.97 Å². The first-order chi connectivity index (χ1) is 18.0. The van der Waals surface area contributed by atoms with E-state index in [0.717, 1.165) is 45.1 Å². The molecule has 3 aromatic rings. The van der Waals surface area contributed by atoms with E-state index in [4.69, 9.17) is 23.7 Å². The standard InChI is InChI=1S/C31H36O6/c1-6-35-30(31(32)36-7-2)20-23-8-14-26(15-9-23)37-19-18-22(3)24-10-12-25(13-11-24)28-21-27(33-4)16-17-29(28)34-5/h8-18,21,30H,6-7,19-20H2,1-5H3/b22-18+. The molecule has 0 aliphatic carbocycles. The van der Waals surface area contributed by atoms with Crippen LogP contribution in [-0.4, -0.2) is 46.1 Å². The van der Waals surface area contributed by atoms with E-state index in [1.807, 2.05) is 49.4 Å². The SMILES string of the molecule is CCOC(=O)C(Cc1ccc(OC/C=C(\C)c2ccc(-c3cc(OC)ccc3OC)cc2)cc1)OCC. The summed E-state index contributed by atoms with van der Waals surface area (Å²) in [6, 6.07) is 21.8. The molecule has 0 aromatic heterocycles. The number of benzene rings is 3. The Morgan fingerprint density at radius 3 is 2.19 bits per heavy atom. The molecule has 1 atom stereocenters. The van der Waals surface area contributed by atoms with Gasteiger partial charge in [-0.25, -0.2) is 4.79 Å². The van der Waals surface area contributed by atoms with Crippen LogP contribution in [0, 0.1) is 0 Å². The monoisotopic (exact) mass is 504 g/mol. The molecule has 1 unspecified atom stereocenters. The normalized spacial score (nSPS) is 12.1. The molecule has 37 heavy (non-hydrogen) atoms. The third-order valence-corrected chi connectivity index (χ3v) is 5.96. The number of allylic oxidation sites excluding steroid dienone is 1. The molecule has 0 spiro atoms. The summed E-state index contributed by atoms with van der Waals surface area (Å²) in [6.07, 6.45) is 1.92. The minimum Gasteiger partial charge on any atom is -0.497 e. The molecule has 6 heteroatoms. The lowest BCUT2D eigenvalue weighted by Gasteiger charge is -2.15. The number of carbonyl (C=O) groups excluding carboxylic acids is 1. The second-order valence-corrected chi connectivity index (χ2v) is 8.39. The first-order valence-electron chi connectivity index (χ1n) is 12.5. The highest BCUT2D eigenvalue weighted by atomic mass is 16.6.